The summed E-state index contributed by atoms with van der Waals surface area (Å²) in [4.78, 5) is 2.10. The van der Waals surface area contributed by atoms with Crippen molar-refractivity contribution in [3.63, 3.8) is 0 Å². The van der Waals surface area contributed by atoms with Crippen molar-refractivity contribution in [1.29, 1.82) is 0 Å². The van der Waals surface area contributed by atoms with Crippen molar-refractivity contribution < 1.29 is 5.21 Å². The molecular weight excluding hydrogens is 196 g/mol. The van der Waals surface area contributed by atoms with Gasteiger partial charge in [-0.1, -0.05) is 5.16 Å². The minimum Gasteiger partial charge on any atom is -0.409 e. The second-order valence-electron chi connectivity index (χ2n) is 3.61. The quantitative estimate of drug-likeness (QED) is 0.289. The zero-order valence-corrected chi connectivity index (χ0v) is 8.54. The van der Waals surface area contributed by atoms with Gasteiger partial charge >= 0.3 is 0 Å². The molecule has 1 aromatic rings. The molecule has 1 aromatic heterocycles. The highest BCUT2D eigenvalue weighted by molar-refractivity contribution is 5.84. The molecule has 3 N–H and O–H groups in total. The predicted molar refractivity (Wildman–Crippen MR) is 53.3 cm³/mol. The fourth-order valence-corrected chi connectivity index (χ4v) is 1.69. The molecule has 0 aromatic carbocycles. The predicted octanol–water partition coefficient (Wildman–Crippen LogP) is -0.771. The van der Waals surface area contributed by atoms with Crippen LogP contribution in [0.25, 0.3) is 0 Å². The SMILES string of the molecule is CC(C(N)=NO)N1CCn2cnnc2C1. The zero-order chi connectivity index (χ0) is 10.8. The van der Waals surface area contributed by atoms with Gasteiger partial charge < -0.3 is 15.5 Å². The third-order valence-electron chi connectivity index (χ3n) is 2.76. The summed E-state index contributed by atoms with van der Waals surface area (Å²) in [6, 6.07) is -0.0829. The van der Waals surface area contributed by atoms with Crippen LogP contribution in [0.4, 0.5) is 0 Å². The van der Waals surface area contributed by atoms with Crippen LogP contribution in [0, 0.1) is 0 Å². The van der Waals surface area contributed by atoms with Gasteiger partial charge in [0.25, 0.3) is 0 Å². The highest BCUT2D eigenvalue weighted by Crippen LogP contribution is 2.12. The Bertz CT molecular complexity index is 373. The van der Waals surface area contributed by atoms with Crippen LogP contribution in [0.2, 0.25) is 0 Å². The van der Waals surface area contributed by atoms with Crippen molar-refractivity contribution in [3.8, 4) is 0 Å². The summed E-state index contributed by atoms with van der Waals surface area (Å²) in [5.74, 6) is 1.14. The molecule has 2 heterocycles. The Balaban J connectivity index is 2.10. The summed E-state index contributed by atoms with van der Waals surface area (Å²) in [6.07, 6.45) is 1.72. The molecule has 7 heteroatoms. The van der Waals surface area contributed by atoms with Crippen molar-refractivity contribution in [3.05, 3.63) is 12.2 Å². The maximum absolute atomic E-state index is 8.59. The van der Waals surface area contributed by atoms with E-state index in [0.717, 1.165) is 18.9 Å². The topological polar surface area (TPSA) is 92.6 Å². The fraction of sp³-hybridized carbons (Fsp3) is 0.625. The Labute approximate surface area is 87.2 Å². The van der Waals surface area contributed by atoms with Gasteiger partial charge in [-0.25, -0.2) is 0 Å². The number of amidine groups is 1. The molecule has 0 fully saturated rings. The van der Waals surface area contributed by atoms with Crippen LogP contribution in [-0.2, 0) is 13.1 Å². The van der Waals surface area contributed by atoms with Crippen molar-refractivity contribution in [2.75, 3.05) is 6.54 Å². The van der Waals surface area contributed by atoms with Crippen molar-refractivity contribution in [2.24, 2.45) is 10.9 Å². The smallest absolute Gasteiger partial charge is 0.156 e. The fourth-order valence-electron chi connectivity index (χ4n) is 1.69. The number of fused-ring (bicyclic) bond motifs is 1. The van der Waals surface area contributed by atoms with Gasteiger partial charge in [0.05, 0.1) is 12.6 Å². The van der Waals surface area contributed by atoms with Crippen LogP contribution in [0.1, 0.15) is 12.7 Å². The first-order valence-corrected chi connectivity index (χ1v) is 4.80. The highest BCUT2D eigenvalue weighted by atomic mass is 16.4. The van der Waals surface area contributed by atoms with Crippen LogP contribution in [-0.4, -0.2) is 43.3 Å². The number of aromatic nitrogens is 3. The first kappa shape index (κ1) is 9.91. The minimum atomic E-state index is -0.0829. The summed E-state index contributed by atoms with van der Waals surface area (Å²) in [7, 11) is 0. The number of nitrogens with two attached hydrogens (primary N) is 1. The van der Waals surface area contributed by atoms with E-state index in [4.69, 9.17) is 10.9 Å². The van der Waals surface area contributed by atoms with Crippen molar-refractivity contribution >= 4 is 5.84 Å². The molecule has 1 aliphatic heterocycles. The van der Waals surface area contributed by atoms with E-state index in [-0.39, 0.29) is 11.9 Å². The first-order valence-electron chi connectivity index (χ1n) is 4.80. The molecule has 0 radical (unpaired) electrons. The van der Waals surface area contributed by atoms with Crippen LogP contribution < -0.4 is 5.73 Å². The summed E-state index contributed by atoms with van der Waals surface area (Å²) in [5.41, 5.74) is 5.56. The van der Waals surface area contributed by atoms with Crippen molar-refractivity contribution in [1.82, 2.24) is 19.7 Å². The van der Waals surface area contributed by atoms with E-state index in [1.165, 1.54) is 0 Å². The first-order chi connectivity index (χ1) is 7.22. The average molecular weight is 210 g/mol. The van der Waals surface area contributed by atoms with Crippen LogP contribution >= 0.6 is 0 Å². The number of rotatable bonds is 2. The van der Waals surface area contributed by atoms with Gasteiger partial charge in [0.2, 0.25) is 0 Å². The lowest BCUT2D eigenvalue weighted by Gasteiger charge is -2.31. The molecule has 1 aliphatic rings. The molecular formula is C8H14N6O. The Morgan fingerprint density at radius 1 is 1.67 bits per heavy atom. The molecule has 15 heavy (non-hydrogen) atoms. The third kappa shape index (κ3) is 1.78. The van der Waals surface area contributed by atoms with Gasteiger partial charge in [-0.15, -0.1) is 10.2 Å². The molecule has 0 saturated heterocycles. The maximum atomic E-state index is 8.59. The molecule has 2 rings (SSSR count). The molecule has 1 atom stereocenters. The number of hydrogen-bond donors (Lipinski definition) is 2. The molecule has 0 amide bonds. The summed E-state index contributed by atoms with van der Waals surface area (Å²) in [6.45, 7) is 4.27. The van der Waals surface area contributed by atoms with E-state index in [2.05, 4.69) is 20.3 Å². The molecule has 82 valence electrons. The highest BCUT2D eigenvalue weighted by Gasteiger charge is 2.23. The third-order valence-corrected chi connectivity index (χ3v) is 2.76. The van der Waals surface area contributed by atoms with E-state index in [0.29, 0.717) is 6.54 Å². The van der Waals surface area contributed by atoms with Gasteiger partial charge in [0.1, 0.15) is 12.2 Å². The Morgan fingerprint density at radius 3 is 3.20 bits per heavy atom. The zero-order valence-electron chi connectivity index (χ0n) is 8.54. The molecule has 1 unspecified atom stereocenters. The molecule has 0 aliphatic carbocycles. The number of oxime groups is 1. The standard InChI is InChI=1S/C8H14N6O/c1-6(8(9)12-15)13-2-3-14-5-10-11-7(14)4-13/h5-6,15H,2-4H2,1H3,(H2,9,12). The van der Waals surface area contributed by atoms with E-state index in [9.17, 15) is 0 Å². The molecule has 0 saturated carbocycles. The normalized spacial score (nSPS) is 19.9. The van der Waals surface area contributed by atoms with Gasteiger partial charge in [-0.3, -0.25) is 4.90 Å². The summed E-state index contributed by atoms with van der Waals surface area (Å²) >= 11 is 0. The maximum Gasteiger partial charge on any atom is 0.156 e. The number of nitrogens with zero attached hydrogens (tertiary/aromatic N) is 5. The van der Waals surface area contributed by atoms with Crippen LogP contribution in [0.3, 0.4) is 0 Å². The van der Waals surface area contributed by atoms with Crippen LogP contribution in [0.5, 0.6) is 0 Å². The van der Waals surface area contributed by atoms with E-state index in [1.807, 2.05) is 11.5 Å². The Morgan fingerprint density at radius 2 is 2.47 bits per heavy atom. The average Bonchev–Trinajstić information content (AvgIpc) is 2.73. The summed E-state index contributed by atoms with van der Waals surface area (Å²) < 4.78 is 2.01. The second-order valence-corrected chi connectivity index (χ2v) is 3.61. The van der Waals surface area contributed by atoms with Crippen LogP contribution in [0.15, 0.2) is 11.5 Å². The summed E-state index contributed by atoms with van der Waals surface area (Å²) in [5, 5.41) is 19.5. The van der Waals surface area contributed by atoms with Gasteiger partial charge in [-0.2, -0.15) is 0 Å². The second kappa shape index (κ2) is 3.85. The Hall–Kier alpha value is -1.63. The largest absolute Gasteiger partial charge is 0.409 e. The van der Waals surface area contributed by atoms with E-state index in [1.54, 1.807) is 6.33 Å². The van der Waals surface area contributed by atoms with E-state index < -0.39 is 0 Å². The molecule has 0 bridgehead atoms. The lowest BCUT2D eigenvalue weighted by molar-refractivity contribution is 0.194. The number of hydrogen-bond acceptors (Lipinski definition) is 5. The lowest BCUT2D eigenvalue weighted by atomic mass is 10.2. The van der Waals surface area contributed by atoms with E-state index >= 15 is 0 Å². The lowest BCUT2D eigenvalue weighted by Crippen LogP contribution is -2.46. The minimum absolute atomic E-state index is 0.0829. The molecule has 7 nitrogen and oxygen atoms in total. The van der Waals surface area contributed by atoms with Gasteiger partial charge in [0, 0.05) is 13.1 Å². The van der Waals surface area contributed by atoms with Gasteiger partial charge in [-0.05, 0) is 6.92 Å². The van der Waals surface area contributed by atoms with Gasteiger partial charge in [0.15, 0.2) is 5.84 Å². The Kier molecular flexibility index (Phi) is 2.55. The van der Waals surface area contributed by atoms with Crippen molar-refractivity contribution in [2.45, 2.75) is 26.1 Å². The molecule has 0 spiro atoms. The monoisotopic (exact) mass is 210 g/mol.